The smallest absolute Gasteiger partial charge is 0.217 e. The third-order valence-electron chi connectivity index (χ3n) is 1.27. The molecule has 0 aliphatic heterocycles. The van der Waals surface area contributed by atoms with E-state index in [4.69, 9.17) is 9.47 Å². The number of methoxy groups -OCH3 is 1. The van der Waals surface area contributed by atoms with Gasteiger partial charge in [0.1, 0.15) is 6.61 Å². The molecule has 0 unspecified atom stereocenters. The van der Waals surface area contributed by atoms with Crippen molar-refractivity contribution in [3.8, 4) is 5.88 Å². The SMILES string of the molecule is COCCOc1cc(I)cc(F)n1. The second-order valence-electron chi connectivity index (χ2n) is 2.29. The minimum absolute atomic E-state index is 0.293. The van der Waals surface area contributed by atoms with Crippen LogP contribution in [0, 0.1) is 9.52 Å². The molecule has 0 N–H and O–H groups in total. The second kappa shape index (κ2) is 5.33. The molecule has 0 amide bonds. The normalized spacial score (nSPS) is 10.1. The topological polar surface area (TPSA) is 31.4 Å². The lowest BCUT2D eigenvalue weighted by Gasteiger charge is -2.04. The Kier molecular flexibility index (Phi) is 4.37. The summed E-state index contributed by atoms with van der Waals surface area (Å²) in [4.78, 5) is 3.56. The van der Waals surface area contributed by atoms with Gasteiger partial charge in [0.15, 0.2) is 0 Å². The van der Waals surface area contributed by atoms with Gasteiger partial charge in [0.2, 0.25) is 11.8 Å². The molecule has 1 aromatic rings. The van der Waals surface area contributed by atoms with Crippen molar-refractivity contribution in [3.63, 3.8) is 0 Å². The van der Waals surface area contributed by atoms with Crippen LogP contribution in [0.15, 0.2) is 12.1 Å². The van der Waals surface area contributed by atoms with Crippen LogP contribution in [0.5, 0.6) is 5.88 Å². The molecule has 0 bridgehead atoms. The highest BCUT2D eigenvalue weighted by Crippen LogP contribution is 2.13. The summed E-state index contributed by atoms with van der Waals surface area (Å²) >= 11 is 2.00. The van der Waals surface area contributed by atoms with Gasteiger partial charge in [-0.25, -0.2) is 0 Å². The van der Waals surface area contributed by atoms with E-state index in [1.807, 2.05) is 22.6 Å². The van der Waals surface area contributed by atoms with Crippen LogP contribution in [0.25, 0.3) is 0 Å². The predicted octanol–water partition coefficient (Wildman–Crippen LogP) is 1.85. The summed E-state index contributed by atoms with van der Waals surface area (Å²) in [6.07, 6.45) is 0. The molecule has 1 heterocycles. The Morgan fingerprint density at radius 1 is 1.46 bits per heavy atom. The van der Waals surface area contributed by atoms with Crippen LogP contribution in [0.4, 0.5) is 4.39 Å². The largest absolute Gasteiger partial charge is 0.475 e. The average molecular weight is 297 g/mol. The van der Waals surface area contributed by atoms with Gasteiger partial charge in [-0.1, -0.05) is 0 Å². The highest BCUT2D eigenvalue weighted by Gasteiger charge is 2.00. The van der Waals surface area contributed by atoms with Crippen LogP contribution >= 0.6 is 22.6 Å². The number of halogens is 2. The molecule has 1 aromatic heterocycles. The molecule has 0 saturated carbocycles. The zero-order valence-electron chi connectivity index (χ0n) is 7.09. The number of pyridine rings is 1. The quantitative estimate of drug-likeness (QED) is 0.483. The Morgan fingerprint density at radius 2 is 2.23 bits per heavy atom. The molecule has 0 spiro atoms. The lowest BCUT2D eigenvalue weighted by molar-refractivity contribution is 0.143. The Bertz CT molecular complexity index is 263. The molecule has 0 fully saturated rings. The lowest BCUT2D eigenvalue weighted by atomic mass is 10.5. The van der Waals surface area contributed by atoms with E-state index in [-0.39, 0.29) is 0 Å². The second-order valence-corrected chi connectivity index (χ2v) is 3.53. The number of ether oxygens (including phenoxy) is 2. The molecule has 0 atom stereocenters. The van der Waals surface area contributed by atoms with Gasteiger partial charge in [0.25, 0.3) is 0 Å². The van der Waals surface area contributed by atoms with E-state index in [9.17, 15) is 4.39 Å². The Morgan fingerprint density at radius 3 is 2.85 bits per heavy atom. The summed E-state index contributed by atoms with van der Waals surface area (Å²) in [5.74, 6) is -0.235. The first kappa shape index (κ1) is 10.6. The lowest BCUT2D eigenvalue weighted by Crippen LogP contribution is -2.06. The minimum atomic E-state index is -0.528. The molecular formula is C8H9FINO2. The maximum atomic E-state index is 12.7. The Hall–Kier alpha value is -0.430. The minimum Gasteiger partial charge on any atom is -0.475 e. The number of nitrogens with zero attached hydrogens (tertiary/aromatic N) is 1. The molecular weight excluding hydrogens is 288 g/mol. The summed E-state index contributed by atoms with van der Waals surface area (Å²) in [5.41, 5.74) is 0. The molecule has 0 radical (unpaired) electrons. The van der Waals surface area contributed by atoms with Crippen LogP contribution in [0.1, 0.15) is 0 Å². The fourth-order valence-corrected chi connectivity index (χ4v) is 1.27. The van der Waals surface area contributed by atoms with Gasteiger partial charge < -0.3 is 9.47 Å². The van der Waals surface area contributed by atoms with Crippen molar-refractivity contribution in [1.82, 2.24) is 4.98 Å². The standard InChI is InChI=1S/C8H9FINO2/c1-12-2-3-13-8-5-6(10)4-7(9)11-8/h4-5H,2-3H2,1H3. The fourth-order valence-electron chi connectivity index (χ4n) is 0.747. The van der Waals surface area contributed by atoms with Crippen molar-refractivity contribution in [3.05, 3.63) is 21.7 Å². The number of hydrogen-bond acceptors (Lipinski definition) is 3. The van der Waals surface area contributed by atoms with Crippen LogP contribution < -0.4 is 4.74 Å². The van der Waals surface area contributed by atoms with Crippen molar-refractivity contribution in [2.75, 3.05) is 20.3 Å². The van der Waals surface area contributed by atoms with Crippen LogP contribution in [0.3, 0.4) is 0 Å². The monoisotopic (exact) mass is 297 g/mol. The number of rotatable bonds is 4. The summed E-state index contributed by atoms with van der Waals surface area (Å²) in [5, 5.41) is 0. The Balaban J connectivity index is 2.56. The highest BCUT2D eigenvalue weighted by atomic mass is 127. The summed E-state index contributed by atoms with van der Waals surface area (Å²) in [6, 6.07) is 3.00. The van der Waals surface area contributed by atoms with Gasteiger partial charge in [-0.2, -0.15) is 9.37 Å². The molecule has 5 heteroatoms. The first-order valence-electron chi connectivity index (χ1n) is 3.67. The van der Waals surface area contributed by atoms with E-state index < -0.39 is 5.95 Å². The maximum absolute atomic E-state index is 12.7. The van der Waals surface area contributed by atoms with E-state index in [0.29, 0.717) is 19.1 Å². The van der Waals surface area contributed by atoms with E-state index >= 15 is 0 Å². The maximum Gasteiger partial charge on any atom is 0.217 e. The summed E-state index contributed by atoms with van der Waals surface area (Å²) < 4.78 is 23.4. The molecule has 13 heavy (non-hydrogen) atoms. The molecule has 0 aromatic carbocycles. The van der Waals surface area contributed by atoms with E-state index in [0.717, 1.165) is 3.57 Å². The van der Waals surface area contributed by atoms with Crippen LogP contribution in [-0.2, 0) is 4.74 Å². The first-order valence-corrected chi connectivity index (χ1v) is 4.75. The molecule has 1 rings (SSSR count). The molecule has 0 aliphatic carbocycles. The average Bonchev–Trinajstić information content (AvgIpc) is 2.03. The molecule has 72 valence electrons. The van der Waals surface area contributed by atoms with E-state index in [2.05, 4.69) is 4.98 Å². The highest BCUT2D eigenvalue weighted by molar-refractivity contribution is 14.1. The van der Waals surface area contributed by atoms with Gasteiger partial charge in [-0.3, -0.25) is 0 Å². The van der Waals surface area contributed by atoms with Crippen LogP contribution in [0.2, 0.25) is 0 Å². The zero-order valence-corrected chi connectivity index (χ0v) is 9.25. The third kappa shape index (κ3) is 3.86. The van der Waals surface area contributed by atoms with E-state index in [1.54, 1.807) is 13.2 Å². The van der Waals surface area contributed by atoms with Crippen molar-refractivity contribution in [1.29, 1.82) is 0 Å². The van der Waals surface area contributed by atoms with Gasteiger partial charge in [-0.15, -0.1) is 0 Å². The predicted molar refractivity (Wildman–Crippen MR) is 54.3 cm³/mol. The number of hydrogen-bond donors (Lipinski definition) is 0. The van der Waals surface area contributed by atoms with Crippen molar-refractivity contribution < 1.29 is 13.9 Å². The summed E-state index contributed by atoms with van der Waals surface area (Å²) in [6.45, 7) is 0.845. The van der Waals surface area contributed by atoms with Gasteiger partial charge >= 0.3 is 0 Å². The van der Waals surface area contributed by atoms with Gasteiger partial charge in [-0.05, 0) is 22.6 Å². The van der Waals surface area contributed by atoms with Crippen molar-refractivity contribution >= 4 is 22.6 Å². The Labute approximate surface area is 89.4 Å². The molecule has 3 nitrogen and oxygen atoms in total. The number of aromatic nitrogens is 1. The van der Waals surface area contributed by atoms with Crippen molar-refractivity contribution in [2.24, 2.45) is 0 Å². The van der Waals surface area contributed by atoms with Crippen LogP contribution in [-0.4, -0.2) is 25.3 Å². The molecule has 0 saturated heterocycles. The van der Waals surface area contributed by atoms with E-state index in [1.165, 1.54) is 6.07 Å². The summed E-state index contributed by atoms with van der Waals surface area (Å²) in [7, 11) is 1.58. The fraction of sp³-hybridized carbons (Fsp3) is 0.375. The van der Waals surface area contributed by atoms with Gasteiger partial charge in [0, 0.05) is 22.8 Å². The van der Waals surface area contributed by atoms with Gasteiger partial charge in [0.05, 0.1) is 6.61 Å². The molecule has 0 aliphatic rings. The first-order chi connectivity index (χ1) is 6.22. The van der Waals surface area contributed by atoms with Crippen molar-refractivity contribution in [2.45, 2.75) is 0 Å². The zero-order chi connectivity index (χ0) is 9.68. The third-order valence-corrected chi connectivity index (χ3v) is 1.90.